The van der Waals surface area contributed by atoms with Crippen LogP contribution in [0.4, 0.5) is 0 Å². The summed E-state index contributed by atoms with van der Waals surface area (Å²) in [5.74, 6) is 0. The van der Waals surface area contributed by atoms with Crippen LogP contribution in [0.2, 0.25) is 0 Å². The van der Waals surface area contributed by atoms with E-state index in [2.05, 4.69) is 13.8 Å². The molecule has 2 heteroatoms. The quantitative estimate of drug-likeness (QED) is 0.229. The van der Waals surface area contributed by atoms with E-state index in [1.54, 1.807) is 0 Å². The zero-order valence-electron chi connectivity index (χ0n) is 18.1. The Bertz CT molecular complexity index is 243. The van der Waals surface area contributed by atoms with E-state index in [1.165, 1.54) is 116 Å². The number of ether oxygens (including phenoxy) is 2. The van der Waals surface area contributed by atoms with Crippen LogP contribution in [0.1, 0.15) is 129 Å². The van der Waals surface area contributed by atoms with E-state index in [0.29, 0.717) is 12.2 Å². The summed E-state index contributed by atoms with van der Waals surface area (Å²) in [7, 11) is 0. The highest BCUT2D eigenvalue weighted by atomic mass is 16.5. The van der Waals surface area contributed by atoms with Gasteiger partial charge in [-0.1, -0.05) is 90.9 Å². The fourth-order valence-corrected chi connectivity index (χ4v) is 3.98. The first-order valence-electron chi connectivity index (χ1n) is 12.1. The van der Waals surface area contributed by atoms with Crippen LogP contribution < -0.4 is 0 Å². The number of hydrogen-bond acceptors (Lipinski definition) is 2. The monoisotopic (exact) mass is 368 g/mol. The Balaban J connectivity index is 1.83. The van der Waals surface area contributed by atoms with Crippen molar-refractivity contribution >= 4 is 0 Å². The van der Waals surface area contributed by atoms with Gasteiger partial charge in [0.2, 0.25) is 0 Å². The summed E-state index contributed by atoms with van der Waals surface area (Å²) in [6.07, 6.45) is 25.0. The molecule has 1 fully saturated rings. The van der Waals surface area contributed by atoms with E-state index in [9.17, 15) is 0 Å². The average Bonchev–Trinajstić information content (AvgIpc) is 2.67. The minimum Gasteiger partial charge on any atom is -0.378 e. The zero-order chi connectivity index (χ0) is 18.7. The van der Waals surface area contributed by atoms with Crippen LogP contribution in [-0.4, -0.2) is 25.4 Å². The van der Waals surface area contributed by atoms with E-state index >= 15 is 0 Å². The topological polar surface area (TPSA) is 18.5 Å². The lowest BCUT2D eigenvalue weighted by atomic mass is 9.95. The Morgan fingerprint density at radius 3 is 1.12 bits per heavy atom. The van der Waals surface area contributed by atoms with Crippen LogP contribution in [0.15, 0.2) is 0 Å². The molecule has 0 amide bonds. The molecular formula is C24H48O2. The molecule has 1 saturated carbocycles. The molecule has 0 spiro atoms. The molecule has 0 saturated heterocycles. The van der Waals surface area contributed by atoms with E-state index < -0.39 is 0 Å². The second kappa shape index (κ2) is 18.3. The number of unbranched alkanes of at least 4 members (excludes halogenated alkanes) is 12. The minimum atomic E-state index is 0.508. The maximum atomic E-state index is 6.09. The molecule has 0 atom stereocenters. The van der Waals surface area contributed by atoms with Gasteiger partial charge in [-0.2, -0.15) is 0 Å². The van der Waals surface area contributed by atoms with Gasteiger partial charge in [0.25, 0.3) is 0 Å². The van der Waals surface area contributed by atoms with E-state index in [4.69, 9.17) is 9.47 Å². The van der Waals surface area contributed by atoms with Crippen molar-refractivity contribution in [1.82, 2.24) is 0 Å². The molecule has 0 bridgehead atoms. The van der Waals surface area contributed by atoms with Gasteiger partial charge in [-0.25, -0.2) is 0 Å². The van der Waals surface area contributed by atoms with Gasteiger partial charge in [0, 0.05) is 13.2 Å². The third-order valence-electron chi connectivity index (χ3n) is 5.82. The number of rotatable bonds is 18. The Morgan fingerprint density at radius 1 is 0.462 bits per heavy atom. The normalized spacial score (nSPS) is 20.5. The van der Waals surface area contributed by atoms with Crippen molar-refractivity contribution in [2.24, 2.45) is 0 Å². The second-order valence-electron chi connectivity index (χ2n) is 8.38. The van der Waals surface area contributed by atoms with E-state index in [0.717, 1.165) is 13.2 Å². The molecule has 0 aromatic carbocycles. The van der Waals surface area contributed by atoms with Crippen LogP contribution in [0.25, 0.3) is 0 Å². The van der Waals surface area contributed by atoms with Crippen LogP contribution in [0.3, 0.4) is 0 Å². The molecule has 1 rings (SSSR count). The standard InChI is InChI=1S/C24H48O2/c1-3-5-7-9-11-13-15-21-25-23-17-19-24(20-18-23)26-22-16-14-12-10-8-6-4-2/h23-24H,3-22H2,1-2H3. The molecule has 0 N–H and O–H groups in total. The summed E-state index contributed by atoms with van der Waals surface area (Å²) >= 11 is 0. The van der Waals surface area contributed by atoms with E-state index in [-0.39, 0.29) is 0 Å². The predicted octanol–water partition coefficient (Wildman–Crippen LogP) is 7.83. The number of hydrogen-bond donors (Lipinski definition) is 0. The third kappa shape index (κ3) is 14.0. The van der Waals surface area contributed by atoms with Crippen LogP contribution in [-0.2, 0) is 9.47 Å². The summed E-state index contributed by atoms with van der Waals surface area (Å²) in [4.78, 5) is 0. The molecule has 1 aliphatic carbocycles. The highest BCUT2D eigenvalue weighted by Gasteiger charge is 2.21. The molecule has 0 radical (unpaired) electrons. The fourth-order valence-electron chi connectivity index (χ4n) is 3.98. The van der Waals surface area contributed by atoms with Crippen molar-refractivity contribution in [3.63, 3.8) is 0 Å². The summed E-state index contributed by atoms with van der Waals surface area (Å²) < 4.78 is 12.2. The van der Waals surface area contributed by atoms with Crippen molar-refractivity contribution in [3.05, 3.63) is 0 Å². The van der Waals surface area contributed by atoms with Crippen LogP contribution >= 0.6 is 0 Å². The zero-order valence-corrected chi connectivity index (χ0v) is 18.1. The van der Waals surface area contributed by atoms with Gasteiger partial charge in [0.05, 0.1) is 12.2 Å². The molecule has 0 aliphatic heterocycles. The van der Waals surface area contributed by atoms with Gasteiger partial charge >= 0.3 is 0 Å². The van der Waals surface area contributed by atoms with Gasteiger partial charge in [0.1, 0.15) is 0 Å². The van der Waals surface area contributed by atoms with Crippen molar-refractivity contribution in [1.29, 1.82) is 0 Å². The largest absolute Gasteiger partial charge is 0.378 e. The Kier molecular flexibility index (Phi) is 16.9. The van der Waals surface area contributed by atoms with Crippen LogP contribution in [0, 0.1) is 0 Å². The Morgan fingerprint density at radius 2 is 0.769 bits per heavy atom. The van der Waals surface area contributed by atoms with Crippen molar-refractivity contribution in [3.8, 4) is 0 Å². The molecule has 0 unspecified atom stereocenters. The maximum Gasteiger partial charge on any atom is 0.0577 e. The molecule has 2 nitrogen and oxygen atoms in total. The molecule has 0 heterocycles. The van der Waals surface area contributed by atoms with Gasteiger partial charge in [-0.05, 0) is 38.5 Å². The van der Waals surface area contributed by atoms with Crippen LogP contribution in [0.5, 0.6) is 0 Å². The first-order valence-corrected chi connectivity index (χ1v) is 12.1. The average molecular weight is 369 g/mol. The maximum absolute atomic E-state index is 6.09. The molecule has 0 aromatic rings. The molecule has 26 heavy (non-hydrogen) atoms. The van der Waals surface area contributed by atoms with Gasteiger partial charge < -0.3 is 9.47 Å². The van der Waals surface area contributed by atoms with Crippen molar-refractivity contribution in [2.75, 3.05) is 13.2 Å². The van der Waals surface area contributed by atoms with Gasteiger partial charge in [-0.15, -0.1) is 0 Å². The van der Waals surface area contributed by atoms with Crippen molar-refractivity contribution in [2.45, 2.75) is 142 Å². The summed E-state index contributed by atoms with van der Waals surface area (Å²) in [6.45, 7) is 6.51. The lowest BCUT2D eigenvalue weighted by Crippen LogP contribution is -2.27. The Labute approximate surface area is 164 Å². The lowest BCUT2D eigenvalue weighted by Gasteiger charge is -2.28. The smallest absolute Gasteiger partial charge is 0.0577 e. The first-order chi connectivity index (χ1) is 12.9. The second-order valence-corrected chi connectivity index (χ2v) is 8.38. The third-order valence-corrected chi connectivity index (χ3v) is 5.82. The highest BCUT2D eigenvalue weighted by molar-refractivity contribution is 4.73. The molecule has 156 valence electrons. The molecular weight excluding hydrogens is 320 g/mol. The van der Waals surface area contributed by atoms with Gasteiger partial charge in [-0.3, -0.25) is 0 Å². The van der Waals surface area contributed by atoms with Crippen molar-refractivity contribution < 1.29 is 9.47 Å². The van der Waals surface area contributed by atoms with E-state index in [1.807, 2.05) is 0 Å². The Hall–Kier alpha value is -0.0800. The minimum absolute atomic E-state index is 0.508. The highest BCUT2D eigenvalue weighted by Crippen LogP contribution is 2.24. The molecule has 0 aromatic heterocycles. The summed E-state index contributed by atoms with van der Waals surface area (Å²) in [5.41, 5.74) is 0. The summed E-state index contributed by atoms with van der Waals surface area (Å²) in [6, 6.07) is 0. The fraction of sp³-hybridized carbons (Fsp3) is 1.00. The van der Waals surface area contributed by atoms with Gasteiger partial charge in [0.15, 0.2) is 0 Å². The lowest BCUT2D eigenvalue weighted by molar-refractivity contribution is -0.0327. The summed E-state index contributed by atoms with van der Waals surface area (Å²) in [5, 5.41) is 0. The molecule has 1 aliphatic rings. The first kappa shape index (κ1) is 24.0. The predicted molar refractivity (Wildman–Crippen MR) is 114 cm³/mol. The SMILES string of the molecule is CCCCCCCCCOC1CCC(OCCCCCCCCC)CC1.